The first-order chi connectivity index (χ1) is 19.6. The number of rotatable bonds is 20. The van der Waals surface area contributed by atoms with Crippen molar-refractivity contribution in [3.63, 3.8) is 0 Å². The summed E-state index contributed by atoms with van der Waals surface area (Å²) in [6.45, 7) is 4.53. The highest BCUT2D eigenvalue weighted by molar-refractivity contribution is 5.70. The first-order valence-electron chi connectivity index (χ1n) is 16.8. The van der Waals surface area contributed by atoms with E-state index in [1.54, 1.807) is 0 Å². The molecule has 0 radical (unpaired) electrons. The molecule has 3 rings (SSSR count). The lowest BCUT2D eigenvalue weighted by atomic mass is 9.72. The van der Waals surface area contributed by atoms with E-state index in [0.29, 0.717) is 11.8 Å². The fraction of sp³-hybridized carbons (Fsp3) is 0.694. The van der Waals surface area contributed by atoms with Gasteiger partial charge >= 0.3 is 5.97 Å². The van der Waals surface area contributed by atoms with E-state index >= 15 is 0 Å². The maximum atomic E-state index is 11.4. The Morgan fingerprint density at radius 1 is 0.750 bits per heavy atom. The van der Waals surface area contributed by atoms with E-state index in [1.807, 2.05) is 12.4 Å². The average Bonchev–Trinajstić information content (AvgIpc) is 2.99. The number of hydrogen-bond donors (Lipinski definition) is 1. The predicted molar refractivity (Wildman–Crippen MR) is 168 cm³/mol. The molecule has 1 aliphatic carbocycles. The van der Waals surface area contributed by atoms with Crippen LogP contribution < -0.4 is 0 Å². The van der Waals surface area contributed by atoms with Gasteiger partial charge < -0.3 is 5.11 Å². The molecule has 0 saturated heterocycles. The first kappa shape index (κ1) is 32.3. The molecule has 1 aliphatic rings. The van der Waals surface area contributed by atoms with Crippen molar-refractivity contribution >= 4 is 5.97 Å². The highest BCUT2D eigenvalue weighted by Crippen LogP contribution is 2.41. The van der Waals surface area contributed by atoms with Crippen LogP contribution in [0, 0.1) is 11.8 Å². The molecule has 1 aromatic carbocycles. The number of aliphatic carboxylic acids is 1. The smallest absolute Gasteiger partial charge is 0.306 e. The average molecular weight is 549 g/mol. The highest BCUT2D eigenvalue weighted by atomic mass is 16.4. The fourth-order valence-electron chi connectivity index (χ4n) is 6.55. The van der Waals surface area contributed by atoms with Crippen molar-refractivity contribution in [1.82, 2.24) is 9.97 Å². The molecule has 0 bridgehead atoms. The topological polar surface area (TPSA) is 63.1 Å². The summed E-state index contributed by atoms with van der Waals surface area (Å²) < 4.78 is 0. The molecule has 0 amide bonds. The molecular formula is C36H56N2O2. The minimum atomic E-state index is -0.618. The van der Waals surface area contributed by atoms with Gasteiger partial charge in [0.1, 0.15) is 0 Å². The molecule has 1 aromatic heterocycles. The van der Waals surface area contributed by atoms with E-state index in [2.05, 4.69) is 38.1 Å². The number of aromatic nitrogens is 2. The second-order valence-electron chi connectivity index (χ2n) is 12.4. The second kappa shape index (κ2) is 19.0. The summed E-state index contributed by atoms with van der Waals surface area (Å²) in [5.74, 6) is 1.14. The van der Waals surface area contributed by atoms with Crippen molar-refractivity contribution in [2.24, 2.45) is 11.8 Å². The molecule has 2 aromatic rings. The third-order valence-electron chi connectivity index (χ3n) is 9.18. The van der Waals surface area contributed by atoms with Gasteiger partial charge in [-0.3, -0.25) is 4.79 Å². The molecule has 1 fully saturated rings. The Balaban J connectivity index is 1.39. The van der Waals surface area contributed by atoms with Gasteiger partial charge in [0.2, 0.25) is 0 Å². The van der Waals surface area contributed by atoms with E-state index in [-0.39, 0.29) is 5.92 Å². The van der Waals surface area contributed by atoms with Crippen LogP contribution in [0.3, 0.4) is 0 Å². The van der Waals surface area contributed by atoms with Gasteiger partial charge in [0.05, 0.1) is 5.92 Å². The standard InChI is InChI=1S/C36H56N2O2/c1-3-5-7-8-9-10-11-12-13-14-15-16-17-29-27-37-35(38-28-29)32-23-19-30(20-24-32)34(18-6-4-2)31-21-25-33(26-22-31)36(39)40/h19-20,23-24,27-28,31,33-34H,3-18,21-22,25-26H2,1-2H3,(H,39,40). The Bertz CT molecular complexity index is 932. The zero-order chi connectivity index (χ0) is 28.4. The monoisotopic (exact) mass is 548 g/mol. The third-order valence-corrected chi connectivity index (χ3v) is 9.18. The first-order valence-corrected chi connectivity index (χ1v) is 16.8. The Labute approximate surface area is 244 Å². The molecular weight excluding hydrogens is 492 g/mol. The quantitative estimate of drug-likeness (QED) is 0.167. The van der Waals surface area contributed by atoms with Crippen LogP contribution in [-0.4, -0.2) is 21.0 Å². The summed E-state index contributed by atoms with van der Waals surface area (Å²) in [6.07, 6.45) is 28.9. The lowest BCUT2D eigenvalue weighted by molar-refractivity contribution is -0.143. The Morgan fingerprint density at radius 2 is 1.27 bits per heavy atom. The number of benzene rings is 1. The van der Waals surface area contributed by atoms with Gasteiger partial charge in [0, 0.05) is 18.0 Å². The fourth-order valence-corrected chi connectivity index (χ4v) is 6.55. The molecule has 4 heteroatoms. The lowest BCUT2D eigenvalue weighted by Gasteiger charge is -2.33. The summed E-state index contributed by atoms with van der Waals surface area (Å²) in [6, 6.07) is 8.89. The van der Waals surface area contributed by atoms with Gasteiger partial charge in [-0.25, -0.2) is 9.97 Å². The lowest BCUT2D eigenvalue weighted by Crippen LogP contribution is -2.25. The maximum absolute atomic E-state index is 11.4. The van der Waals surface area contributed by atoms with Crippen molar-refractivity contribution in [2.75, 3.05) is 0 Å². The van der Waals surface area contributed by atoms with Crippen LogP contribution in [0.5, 0.6) is 0 Å². The molecule has 1 atom stereocenters. The van der Waals surface area contributed by atoms with Crippen LogP contribution in [0.25, 0.3) is 11.4 Å². The van der Waals surface area contributed by atoms with E-state index in [4.69, 9.17) is 9.97 Å². The second-order valence-corrected chi connectivity index (χ2v) is 12.4. The zero-order valence-corrected chi connectivity index (χ0v) is 25.6. The molecule has 4 nitrogen and oxygen atoms in total. The van der Waals surface area contributed by atoms with Crippen LogP contribution in [0.1, 0.15) is 153 Å². The maximum Gasteiger partial charge on any atom is 0.306 e. The molecule has 40 heavy (non-hydrogen) atoms. The molecule has 0 spiro atoms. The van der Waals surface area contributed by atoms with Crippen LogP contribution in [0.4, 0.5) is 0 Å². The van der Waals surface area contributed by atoms with Crippen LogP contribution in [-0.2, 0) is 11.2 Å². The number of hydrogen-bond acceptors (Lipinski definition) is 3. The van der Waals surface area contributed by atoms with Crippen LogP contribution in [0.2, 0.25) is 0 Å². The van der Waals surface area contributed by atoms with Crippen molar-refractivity contribution in [3.8, 4) is 11.4 Å². The van der Waals surface area contributed by atoms with E-state index < -0.39 is 5.97 Å². The third kappa shape index (κ3) is 11.3. The molecule has 1 unspecified atom stereocenters. The van der Waals surface area contributed by atoms with Gasteiger partial charge in [0.15, 0.2) is 5.82 Å². The van der Waals surface area contributed by atoms with Crippen LogP contribution in [0.15, 0.2) is 36.7 Å². The predicted octanol–water partition coefficient (Wildman–Crippen LogP) is 10.6. The minimum absolute atomic E-state index is 0.148. The van der Waals surface area contributed by atoms with Gasteiger partial charge in [-0.2, -0.15) is 0 Å². The largest absolute Gasteiger partial charge is 0.481 e. The molecule has 222 valence electrons. The highest BCUT2D eigenvalue weighted by Gasteiger charge is 2.31. The van der Waals surface area contributed by atoms with Gasteiger partial charge in [-0.15, -0.1) is 0 Å². The van der Waals surface area contributed by atoms with Crippen molar-refractivity contribution < 1.29 is 9.90 Å². The minimum Gasteiger partial charge on any atom is -0.481 e. The summed E-state index contributed by atoms with van der Waals surface area (Å²) in [5, 5.41) is 9.39. The molecule has 0 aliphatic heterocycles. The molecule has 1 heterocycles. The van der Waals surface area contributed by atoms with Crippen molar-refractivity contribution in [2.45, 2.75) is 148 Å². The number of carboxylic acid groups (broad SMARTS) is 1. The van der Waals surface area contributed by atoms with Gasteiger partial charge in [-0.1, -0.05) is 122 Å². The van der Waals surface area contributed by atoms with E-state index in [0.717, 1.165) is 43.5 Å². The normalized spacial score (nSPS) is 18.1. The Kier molecular flexibility index (Phi) is 15.3. The van der Waals surface area contributed by atoms with Gasteiger partial charge in [-0.05, 0) is 67.9 Å². The zero-order valence-electron chi connectivity index (χ0n) is 25.6. The summed E-state index contributed by atoms with van der Waals surface area (Å²) >= 11 is 0. The SMILES string of the molecule is CCCCCCCCCCCCCCc1cnc(-c2ccc(C(CCCC)C3CCC(C(=O)O)CC3)cc2)nc1. The summed E-state index contributed by atoms with van der Waals surface area (Å²) in [4.78, 5) is 20.8. The number of carbonyl (C=O) groups is 1. The summed E-state index contributed by atoms with van der Waals surface area (Å²) in [7, 11) is 0. The Hall–Kier alpha value is -2.23. The Morgan fingerprint density at radius 3 is 1.80 bits per heavy atom. The van der Waals surface area contributed by atoms with Crippen molar-refractivity contribution in [1.29, 1.82) is 0 Å². The van der Waals surface area contributed by atoms with Crippen LogP contribution >= 0.6 is 0 Å². The van der Waals surface area contributed by atoms with Gasteiger partial charge in [0.25, 0.3) is 0 Å². The number of aryl methyl sites for hydroxylation is 1. The van der Waals surface area contributed by atoms with Crippen molar-refractivity contribution in [3.05, 3.63) is 47.8 Å². The van der Waals surface area contributed by atoms with E-state index in [9.17, 15) is 9.90 Å². The number of carboxylic acids is 1. The summed E-state index contributed by atoms with van der Waals surface area (Å²) in [5.41, 5.74) is 3.70. The molecule has 1 N–H and O–H groups in total. The number of unbranched alkanes of at least 4 members (excludes halogenated alkanes) is 12. The molecule has 1 saturated carbocycles. The number of nitrogens with zero attached hydrogens (tertiary/aromatic N) is 2. The van der Waals surface area contributed by atoms with E-state index in [1.165, 1.54) is 107 Å².